The minimum atomic E-state index is -0.237. The van der Waals surface area contributed by atoms with Gasteiger partial charge in [0.05, 0.1) is 11.4 Å². The zero-order valence-corrected chi connectivity index (χ0v) is 15.8. The van der Waals surface area contributed by atoms with E-state index in [1.807, 2.05) is 17.7 Å². The predicted molar refractivity (Wildman–Crippen MR) is 105 cm³/mol. The maximum Gasteiger partial charge on any atom is 0.123 e. The standard InChI is InChI=1S/C22H25FN4/c1-15-20(16(2)27(25-15)19-10-8-18(23)9-11-19)12-26-13-21(22(24)14-26)17-6-4-3-5-7-17/h3-11,21-22H,12-14,24H2,1-2H3/t21-,22+/m0/s1. The van der Waals surface area contributed by atoms with Gasteiger partial charge in [-0.1, -0.05) is 30.3 Å². The Bertz CT molecular complexity index is 917. The summed E-state index contributed by atoms with van der Waals surface area (Å²) >= 11 is 0. The molecule has 2 heterocycles. The van der Waals surface area contributed by atoms with Crippen LogP contribution in [0.15, 0.2) is 54.6 Å². The topological polar surface area (TPSA) is 47.1 Å². The molecule has 1 saturated heterocycles. The highest BCUT2D eigenvalue weighted by molar-refractivity contribution is 5.37. The third-order valence-electron chi connectivity index (χ3n) is 5.56. The molecule has 0 bridgehead atoms. The monoisotopic (exact) mass is 364 g/mol. The van der Waals surface area contributed by atoms with Crippen LogP contribution in [0.4, 0.5) is 4.39 Å². The first kappa shape index (κ1) is 17.9. The summed E-state index contributed by atoms with van der Waals surface area (Å²) < 4.78 is 15.1. The molecule has 4 rings (SSSR count). The number of halogens is 1. The number of rotatable bonds is 4. The van der Waals surface area contributed by atoms with E-state index in [-0.39, 0.29) is 11.9 Å². The van der Waals surface area contributed by atoms with Gasteiger partial charge in [0.2, 0.25) is 0 Å². The molecule has 5 heteroatoms. The lowest BCUT2D eigenvalue weighted by Crippen LogP contribution is -2.28. The second-order valence-corrected chi connectivity index (χ2v) is 7.41. The van der Waals surface area contributed by atoms with E-state index >= 15 is 0 Å². The van der Waals surface area contributed by atoms with Crippen LogP contribution in [-0.2, 0) is 6.54 Å². The molecule has 1 aliphatic heterocycles. The average molecular weight is 364 g/mol. The SMILES string of the molecule is Cc1nn(-c2ccc(F)cc2)c(C)c1CN1C[C@@H](N)[C@H](c2ccccc2)C1. The molecule has 3 aromatic rings. The van der Waals surface area contributed by atoms with Crippen molar-refractivity contribution < 1.29 is 4.39 Å². The van der Waals surface area contributed by atoms with E-state index in [2.05, 4.69) is 41.2 Å². The van der Waals surface area contributed by atoms with Crippen LogP contribution in [-0.4, -0.2) is 33.8 Å². The minimum absolute atomic E-state index is 0.139. The Morgan fingerprint density at radius 3 is 2.44 bits per heavy atom. The van der Waals surface area contributed by atoms with Crippen LogP contribution in [0.5, 0.6) is 0 Å². The number of likely N-dealkylation sites (tertiary alicyclic amines) is 1. The summed E-state index contributed by atoms with van der Waals surface area (Å²) in [6.45, 7) is 6.76. The second-order valence-electron chi connectivity index (χ2n) is 7.41. The highest BCUT2D eigenvalue weighted by atomic mass is 19.1. The van der Waals surface area contributed by atoms with Crippen molar-refractivity contribution in [1.29, 1.82) is 0 Å². The summed E-state index contributed by atoms with van der Waals surface area (Å²) in [5.41, 5.74) is 12.0. The van der Waals surface area contributed by atoms with Gasteiger partial charge in [0.25, 0.3) is 0 Å². The third kappa shape index (κ3) is 3.53. The van der Waals surface area contributed by atoms with Gasteiger partial charge in [-0.3, -0.25) is 4.90 Å². The van der Waals surface area contributed by atoms with Gasteiger partial charge in [0.15, 0.2) is 0 Å². The van der Waals surface area contributed by atoms with Gasteiger partial charge in [-0.25, -0.2) is 9.07 Å². The average Bonchev–Trinajstić information content (AvgIpc) is 3.18. The van der Waals surface area contributed by atoms with Gasteiger partial charge < -0.3 is 5.73 Å². The number of benzene rings is 2. The summed E-state index contributed by atoms with van der Waals surface area (Å²) in [6.07, 6.45) is 0. The quantitative estimate of drug-likeness (QED) is 0.770. The number of hydrogen-bond acceptors (Lipinski definition) is 3. The van der Waals surface area contributed by atoms with Crippen molar-refractivity contribution in [1.82, 2.24) is 14.7 Å². The van der Waals surface area contributed by atoms with Crippen molar-refractivity contribution in [3.8, 4) is 5.69 Å². The van der Waals surface area contributed by atoms with Gasteiger partial charge in [-0.2, -0.15) is 5.10 Å². The Morgan fingerprint density at radius 1 is 1.04 bits per heavy atom. The molecule has 0 aliphatic carbocycles. The molecule has 2 N–H and O–H groups in total. The number of nitrogens with zero attached hydrogens (tertiary/aromatic N) is 3. The number of aromatic nitrogens is 2. The van der Waals surface area contributed by atoms with Crippen molar-refractivity contribution in [2.24, 2.45) is 5.73 Å². The zero-order chi connectivity index (χ0) is 19.0. The fraction of sp³-hybridized carbons (Fsp3) is 0.318. The molecular formula is C22H25FN4. The lowest BCUT2D eigenvalue weighted by Gasteiger charge is -2.16. The number of aryl methyl sites for hydroxylation is 1. The highest BCUT2D eigenvalue weighted by Gasteiger charge is 2.32. The van der Waals surface area contributed by atoms with Crippen LogP contribution >= 0.6 is 0 Å². The van der Waals surface area contributed by atoms with E-state index < -0.39 is 0 Å². The fourth-order valence-corrected chi connectivity index (χ4v) is 4.06. The van der Waals surface area contributed by atoms with Crippen LogP contribution in [0, 0.1) is 19.7 Å². The van der Waals surface area contributed by atoms with Crippen LogP contribution in [0.2, 0.25) is 0 Å². The van der Waals surface area contributed by atoms with Gasteiger partial charge >= 0.3 is 0 Å². The van der Waals surface area contributed by atoms with Crippen LogP contribution in [0.3, 0.4) is 0 Å². The van der Waals surface area contributed by atoms with Gasteiger partial charge in [0, 0.05) is 42.9 Å². The molecule has 0 saturated carbocycles. The molecule has 0 spiro atoms. The van der Waals surface area contributed by atoms with E-state index in [1.54, 1.807) is 12.1 Å². The minimum Gasteiger partial charge on any atom is -0.326 e. The van der Waals surface area contributed by atoms with Crippen molar-refractivity contribution in [3.05, 3.63) is 82.9 Å². The van der Waals surface area contributed by atoms with E-state index in [0.29, 0.717) is 5.92 Å². The first-order valence-electron chi connectivity index (χ1n) is 9.37. The van der Waals surface area contributed by atoms with E-state index in [9.17, 15) is 4.39 Å². The summed E-state index contributed by atoms with van der Waals surface area (Å²) in [7, 11) is 0. The second kappa shape index (κ2) is 7.25. The largest absolute Gasteiger partial charge is 0.326 e. The van der Waals surface area contributed by atoms with Crippen LogP contribution in [0.1, 0.15) is 28.4 Å². The zero-order valence-electron chi connectivity index (χ0n) is 15.8. The Balaban J connectivity index is 1.54. The first-order chi connectivity index (χ1) is 13.0. The van der Waals surface area contributed by atoms with E-state index in [4.69, 9.17) is 5.73 Å². The lowest BCUT2D eigenvalue weighted by atomic mass is 9.95. The van der Waals surface area contributed by atoms with Crippen LogP contribution in [0.25, 0.3) is 5.69 Å². The third-order valence-corrected chi connectivity index (χ3v) is 5.56. The Hall–Kier alpha value is -2.50. The fourth-order valence-electron chi connectivity index (χ4n) is 4.06. The molecule has 0 unspecified atom stereocenters. The van der Waals surface area contributed by atoms with Crippen molar-refractivity contribution in [3.63, 3.8) is 0 Å². The highest BCUT2D eigenvalue weighted by Crippen LogP contribution is 2.29. The van der Waals surface area contributed by atoms with Crippen molar-refractivity contribution in [2.45, 2.75) is 32.4 Å². The smallest absolute Gasteiger partial charge is 0.123 e. The molecule has 0 radical (unpaired) electrons. The Morgan fingerprint density at radius 2 is 1.74 bits per heavy atom. The molecule has 27 heavy (non-hydrogen) atoms. The van der Waals surface area contributed by atoms with Gasteiger partial charge in [-0.05, 0) is 43.7 Å². The first-order valence-corrected chi connectivity index (χ1v) is 9.37. The molecule has 0 amide bonds. The molecule has 2 atom stereocenters. The molecule has 1 fully saturated rings. The maximum atomic E-state index is 13.2. The summed E-state index contributed by atoms with van der Waals surface area (Å²) in [6, 6.07) is 17.1. The molecule has 2 aromatic carbocycles. The summed E-state index contributed by atoms with van der Waals surface area (Å²) in [5.74, 6) is 0.123. The molecular weight excluding hydrogens is 339 g/mol. The molecule has 1 aliphatic rings. The van der Waals surface area contributed by atoms with Gasteiger partial charge in [-0.15, -0.1) is 0 Å². The molecule has 140 valence electrons. The number of nitrogens with two attached hydrogens (primary N) is 1. The lowest BCUT2D eigenvalue weighted by molar-refractivity contribution is 0.322. The van der Waals surface area contributed by atoms with Gasteiger partial charge in [0.1, 0.15) is 5.82 Å². The van der Waals surface area contributed by atoms with E-state index in [1.165, 1.54) is 23.3 Å². The van der Waals surface area contributed by atoms with Crippen molar-refractivity contribution in [2.75, 3.05) is 13.1 Å². The Kier molecular flexibility index (Phi) is 4.81. The molecule has 1 aromatic heterocycles. The predicted octanol–water partition coefficient (Wildman–Crippen LogP) is 3.55. The maximum absolute atomic E-state index is 13.2. The summed E-state index contributed by atoms with van der Waals surface area (Å²) in [4.78, 5) is 2.41. The number of hydrogen-bond donors (Lipinski definition) is 1. The van der Waals surface area contributed by atoms with E-state index in [0.717, 1.165) is 36.7 Å². The van der Waals surface area contributed by atoms with Crippen molar-refractivity contribution >= 4 is 0 Å². The van der Waals surface area contributed by atoms with Crippen LogP contribution < -0.4 is 5.73 Å². The Labute approximate surface area is 159 Å². The normalized spacial score (nSPS) is 20.3. The summed E-state index contributed by atoms with van der Waals surface area (Å²) in [5, 5.41) is 4.68. The molecule has 4 nitrogen and oxygen atoms in total.